The molecule has 1 amide bonds. The van der Waals surface area contributed by atoms with Crippen LogP contribution in [0.25, 0.3) is 0 Å². The van der Waals surface area contributed by atoms with Gasteiger partial charge in [0.25, 0.3) is 0 Å². The largest absolute Gasteiger partial charge is 0.444 e. The van der Waals surface area contributed by atoms with Crippen molar-refractivity contribution >= 4 is 6.09 Å². The molecule has 1 aliphatic rings. The van der Waals surface area contributed by atoms with Crippen LogP contribution in [0.3, 0.4) is 0 Å². The molecule has 144 valence electrons. The van der Waals surface area contributed by atoms with Crippen LogP contribution in [0.2, 0.25) is 0 Å². The van der Waals surface area contributed by atoms with Crippen molar-refractivity contribution in [3.05, 3.63) is 35.4 Å². The maximum atomic E-state index is 12.2. The average molecular weight is 360 g/mol. The summed E-state index contributed by atoms with van der Waals surface area (Å²) < 4.78 is 5.49. The molecule has 3 N–H and O–H groups in total. The quantitative estimate of drug-likeness (QED) is 0.795. The van der Waals surface area contributed by atoms with Gasteiger partial charge in [0.1, 0.15) is 5.60 Å². The minimum absolute atomic E-state index is 0. The van der Waals surface area contributed by atoms with Gasteiger partial charge in [0.15, 0.2) is 0 Å². The van der Waals surface area contributed by atoms with Crippen molar-refractivity contribution in [2.24, 2.45) is 5.92 Å². The molecule has 1 aliphatic heterocycles. The molecule has 5 heteroatoms. The van der Waals surface area contributed by atoms with E-state index < -0.39 is 5.60 Å². The van der Waals surface area contributed by atoms with E-state index in [1.807, 2.05) is 43.9 Å². The molecule has 1 heterocycles. The van der Waals surface area contributed by atoms with Gasteiger partial charge < -0.3 is 15.8 Å². The summed E-state index contributed by atoms with van der Waals surface area (Å²) in [5, 5.41) is 9.44. The maximum Gasteiger partial charge on any atom is 0.410 e. The third-order valence-corrected chi connectivity index (χ3v) is 4.84. The van der Waals surface area contributed by atoms with Gasteiger partial charge in [-0.25, -0.2) is 4.79 Å². The molecular formula is C21H33N3O2. The van der Waals surface area contributed by atoms with Gasteiger partial charge in [-0.05, 0) is 63.5 Å². The monoisotopic (exact) mass is 359 g/mol. The predicted molar refractivity (Wildman–Crippen MR) is 104 cm³/mol. The third kappa shape index (κ3) is 5.74. The number of ether oxygens (including phenoxy) is 1. The number of nitriles is 1. The fourth-order valence-corrected chi connectivity index (χ4v) is 3.69. The Morgan fingerprint density at radius 3 is 2.46 bits per heavy atom. The number of benzene rings is 1. The Kier molecular flexibility index (Phi) is 8.10. The SMILES string of the molecule is CCCC(c1ccccc1C#N)C1CCN(C(=O)OC(C)(C)C)CC1.N. The van der Waals surface area contributed by atoms with E-state index in [0.717, 1.165) is 44.3 Å². The molecule has 0 aromatic heterocycles. The van der Waals surface area contributed by atoms with Crippen molar-refractivity contribution in [3.63, 3.8) is 0 Å². The van der Waals surface area contributed by atoms with Crippen LogP contribution in [0.4, 0.5) is 4.79 Å². The summed E-state index contributed by atoms with van der Waals surface area (Å²) in [5.74, 6) is 0.898. The van der Waals surface area contributed by atoms with Gasteiger partial charge in [-0.2, -0.15) is 5.26 Å². The summed E-state index contributed by atoms with van der Waals surface area (Å²) in [6.45, 7) is 9.34. The number of likely N-dealkylation sites (tertiary alicyclic amines) is 1. The van der Waals surface area contributed by atoms with Gasteiger partial charge >= 0.3 is 6.09 Å². The minimum Gasteiger partial charge on any atom is -0.444 e. The molecule has 1 aromatic carbocycles. The van der Waals surface area contributed by atoms with E-state index in [4.69, 9.17) is 4.74 Å². The number of rotatable bonds is 4. The van der Waals surface area contributed by atoms with Crippen molar-refractivity contribution in [2.75, 3.05) is 13.1 Å². The van der Waals surface area contributed by atoms with E-state index in [0.29, 0.717) is 11.8 Å². The highest BCUT2D eigenvalue weighted by Gasteiger charge is 2.31. The van der Waals surface area contributed by atoms with Gasteiger partial charge in [0.05, 0.1) is 11.6 Å². The summed E-state index contributed by atoms with van der Waals surface area (Å²) in [6.07, 6.45) is 3.88. The van der Waals surface area contributed by atoms with Crippen molar-refractivity contribution in [2.45, 2.75) is 64.9 Å². The number of carbonyl (C=O) groups is 1. The van der Waals surface area contributed by atoms with Crippen molar-refractivity contribution in [1.82, 2.24) is 11.1 Å². The van der Waals surface area contributed by atoms with Crippen molar-refractivity contribution in [1.29, 1.82) is 5.26 Å². The number of nitrogens with zero attached hydrogens (tertiary/aromatic N) is 2. The minimum atomic E-state index is -0.454. The summed E-state index contributed by atoms with van der Waals surface area (Å²) in [7, 11) is 0. The van der Waals surface area contributed by atoms with Crippen molar-refractivity contribution < 1.29 is 9.53 Å². The fraction of sp³-hybridized carbons (Fsp3) is 0.619. The smallest absolute Gasteiger partial charge is 0.410 e. The van der Waals surface area contributed by atoms with Crippen LogP contribution in [-0.2, 0) is 4.74 Å². The predicted octanol–water partition coefficient (Wildman–Crippen LogP) is 5.25. The first-order valence-corrected chi connectivity index (χ1v) is 9.32. The Bertz CT molecular complexity index is 623. The van der Waals surface area contributed by atoms with Crippen LogP contribution in [0.1, 0.15) is 70.4 Å². The van der Waals surface area contributed by atoms with E-state index in [2.05, 4.69) is 19.1 Å². The molecule has 1 fully saturated rings. The number of amides is 1. The van der Waals surface area contributed by atoms with Gasteiger partial charge in [-0.15, -0.1) is 0 Å². The first-order chi connectivity index (χ1) is 11.9. The van der Waals surface area contributed by atoms with Gasteiger partial charge in [-0.1, -0.05) is 31.5 Å². The molecule has 0 bridgehead atoms. The standard InChI is InChI=1S/C21H30N2O2.H3N/c1-5-8-18(19-10-7-6-9-17(19)15-22)16-11-13-23(14-12-16)20(24)25-21(2,3)4;/h6-7,9-10,16,18H,5,8,11-14H2,1-4H3;1H3. The summed E-state index contributed by atoms with van der Waals surface area (Å²) in [5.41, 5.74) is 1.50. The van der Waals surface area contributed by atoms with E-state index in [9.17, 15) is 10.1 Å². The van der Waals surface area contributed by atoms with Crippen LogP contribution < -0.4 is 6.15 Å². The molecule has 0 aliphatic carbocycles. The Hall–Kier alpha value is -2.06. The van der Waals surface area contributed by atoms with Crippen LogP contribution in [0, 0.1) is 17.2 Å². The third-order valence-electron chi connectivity index (χ3n) is 4.84. The molecule has 1 unspecified atom stereocenters. The lowest BCUT2D eigenvalue weighted by atomic mass is 9.76. The Morgan fingerprint density at radius 1 is 1.31 bits per heavy atom. The van der Waals surface area contributed by atoms with E-state index in [-0.39, 0.29) is 12.2 Å². The lowest BCUT2D eigenvalue weighted by molar-refractivity contribution is 0.0172. The topological polar surface area (TPSA) is 88.3 Å². The number of carbonyl (C=O) groups excluding carboxylic acids is 1. The lowest BCUT2D eigenvalue weighted by Crippen LogP contribution is -2.42. The second-order valence-electron chi connectivity index (χ2n) is 7.90. The molecule has 1 atom stereocenters. The van der Waals surface area contributed by atoms with Gasteiger partial charge in [0.2, 0.25) is 0 Å². The normalized spacial score (nSPS) is 16.3. The van der Waals surface area contributed by atoms with Gasteiger partial charge in [0, 0.05) is 13.1 Å². The molecule has 2 rings (SSSR count). The molecule has 0 saturated carbocycles. The second-order valence-corrected chi connectivity index (χ2v) is 7.90. The lowest BCUT2D eigenvalue weighted by Gasteiger charge is -2.37. The zero-order chi connectivity index (χ0) is 18.4. The van der Waals surface area contributed by atoms with E-state index in [1.165, 1.54) is 5.56 Å². The van der Waals surface area contributed by atoms with Gasteiger partial charge in [-0.3, -0.25) is 0 Å². The second kappa shape index (κ2) is 9.59. The highest BCUT2D eigenvalue weighted by atomic mass is 16.6. The van der Waals surface area contributed by atoms with Crippen LogP contribution in [0.5, 0.6) is 0 Å². The molecule has 1 saturated heterocycles. The highest BCUT2D eigenvalue weighted by Crippen LogP contribution is 2.37. The van der Waals surface area contributed by atoms with Crippen molar-refractivity contribution in [3.8, 4) is 6.07 Å². The number of hydrogen-bond donors (Lipinski definition) is 1. The molecule has 0 radical (unpaired) electrons. The van der Waals surface area contributed by atoms with Crippen LogP contribution >= 0.6 is 0 Å². The molecule has 0 spiro atoms. The zero-order valence-electron chi connectivity index (χ0n) is 16.6. The molecular weight excluding hydrogens is 326 g/mol. The highest BCUT2D eigenvalue weighted by molar-refractivity contribution is 5.68. The summed E-state index contributed by atoms with van der Waals surface area (Å²) >= 11 is 0. The fourth-order valence-electron chi connectivity index (χ4n) is 3.69. The first-order valence-electron chi connectivity index (χ1n) is 9.32. The summed E-state index contributed by atoms with van der Waals surface area (Å²) in [6, 6.07) is 10.3. The summed E-state index contributed by atoms with van der Waals surface area (Å²) in [4.78, 5) is 14.1. The number of piperidine rings is 1. The van der Waals surface area contributed by atoms with Crippen LogP contribution in [-0.4, -0.2) is 29.7 Å². The maximum absolute atomic E-state index is 12.2. The van der Waals surface area contributed by atoms with E-state index in [1.54, 1.807) is 0 Å². The molecule has 1 aromatic rings. The van der Waals surface area contributed by atoms with E-state index >= 15 is 0 Å². The Labute approximate surface area is 157 Å². The average Bonchev–Trinajstić information content (AvgIpc) is 2.58. The zero-order valence-corrected chi connectivity index (χ0v) is 16.6. The number of hydrogen-bond acceptors (Lipinski definition) is 4. The molecule has 5 nitrogen and oxygen atoms in total. The molecule has 26 heavy (non-hydrogen) atoms. The Morgan fingerprint density at radius 2 is 1.92 bits per heavy atom. The Balaban J connectivity index is 0.00000338. The first kappa shape index (κ1) is 22.0. The van der Waals surface area contributed by atoms with Crippen LogP contribution in [0.15, 0.2) is 24.3 Å².